The van der Waals surface area contributed by atoms with Crippen molar-refractivity contribution in [1.82, 2.24) is 4.98 Å². The number of aromatic nitrogens is 1. The van der Waals surface area contributed by atoms with E-state index in [4.69, 9.17) is 33.8 Å². The van der Waals surface area contributed by atoms with Crippen molar-refractivity contribution < 1.29 is 4.74 Å². The van der Waals surface area contributed by atoms with Crippen molar-refractivity contribution in [3.63, 3.8) is 0 Å². The molecule has 7 heteroatoms. The second-order valence-corrected chi connectivity index (χ2v) is 5.85. The summed E-state index contributed by atoms with van der Waals surface area (Å²) in [5, 5.41) is 0.935. The van der Waals surface area contributed by atoms with Crippen molar-refractivity contribution in [3.8, 4) is 0 Å². The Bertz CT molecular complexity index is 468. The van der Waals surface area contributed by atoms with Crippen LogP contribution in [-0.4, -0.2) is 31.3 Å². The molecule has 1 unspecified atom stereocenters. The maximum atomic E-state index is 6.30. The lowest BCUT2D eigenvalue weighted by Crippen LogP contribution is -2.38. The van der Waals surface area contributed by atoms with E-state index >= 15 is 0 Å². The van der Waals surface area contributed by atoms with E-state index in [0.29, 0.717) is 40.2 Å². The lowest BCUT2D eigenvalue weighted by Gasteiger charge is -2.31. The van der Waals surface area contributed by atoms with Crippen molar-refractivity contribution in [2.75, 3.05) is 30.6 Å². The topological polar surface area (TPSA) is 63.4 Å². The summed E-state index contributed by atoms with van der Waals surface area (Å²) in [6.45, 7) is 3.53. The number of hydrazine groups is 1. The molecule has 5 nitrogen and oxygen atoms in total. The van der Waals surface area contributed by atoms with Gasteiger partial charge in [-0.05, 0) is 31.7 Å². The molecule has 2 rings (SSSR count). The van der Waals surface area contributed by atoms with Gasteiger partial charge in [0.2, 0.25) is 0 Å². The third-order valence-corrected chi connectivity index (χ3v) is 4.22. The highest BCUT2D eigenvalue weighted by molar-refractivity contribution is 6.37. The quantitative estimate of drug-likeness (QED) is 0.598. The van der Waals surface area contributed by atoms with Gasteiger partial charge in [-0.15, -0.1) is 0 Å². The summed E-state index contributed by atoms with van der Waals surface area (Å²) >= 11 is 12.3. The predicted octanol–water partition coefficient (Wildman–Crippen LogP) is 2.93. The fourth-order valence-electron chi connectivity index (χ4n) is 2.28. The maximum Gasteiger partial charge on any atom is 0.161 e. The lowest BCUT2D eigenvalue weighted by atomic mass is 10.2. The zero-order valence-corrected chi connectivity index (χ0v) is 13.2. The standard InChI is InChI=1S/C13H20Cl2N4O/c1-8(9-3-4-9)19(5-6-20-2)13-11(15)7-10(14)12(17-13)18-16/h7-9H,3-6,16H2,1-2H3,(H,17,18). The molecule has 1 aliphatic carbocycles. The van der Waals surface area contributed by atoms with Gasteiger partial charge in [-0.3, -0.25) is 0 Å². The summed E-state index contributed by atoms with van der Waals surface area (Å²) in [6, 6.07) is 2.03. The van der Waals surface area contributed by atoms with Gasteiger partial charge in [0, 0.05) is 19.7 Å². The van der Waals surface area contributed by atoms with Crippen LogP contribution in [0, 0.1) is 5.92 Å². The molecule has 0 amide bonds. The number of ether oxygens (including phenoxy) is 1. The van der Waals surface area contributed by atoms with Crippen molar-refractivity contribution in [1.29, 1.82) is 0 Å². The minimum absolute atomic E-state index is 0.363. The highest BCUT2D eigenvalue weighted by atomic mass is 35.5. The maximum absolute atomic E-state index is 6.30. The van der Waals surface area contributed by atoms with Crippen LogP contribution in [0.5, 0.6) is 0 Å². The van der Waals surface area contributed by atoms with Crippen LogP contribution >= 0.6 is 23.2 Å². The second kappa shape index (κ2) is 6.80. The monoisotopic (exact) mass is 318 g/mol. The van der Waals surface area contributed by atoms with Crippen LogP contribution in [0.3, 0.4) is 0 Å². The van der Waals surface area contributed by atoms with Crippen LogP contribution < -0.4 is 16.2 Å². The van der Waals surface area contributed by atoms with Gasteiger partial charge in [-0.2, -0.15) is 0 Å². The molecule has 1 saturated carbocycles. The number of pyridine rings is 1. The first-order valence-corrected chi connectivity index (χ1v) is 7.42. The molecule has 0 saturated heterocycles. The molecule has 0 spiro atoms. The molecule has 20 heavy (non-hydrogen) atoms. The van der Waals surface area contributed by atoms with E-state index in [1.165, 1.54) is 12.8 Å². The second-order valence-electron chi connectivity index (χ2n) is 5.03. The first kappa shape index (κ1) is 15.6. The van der Waals surface area contributed by atoms with E-state index in [0.717, 1.165) is 6.54 Å². The number of halogens is 2. The average Bonchev–Trinajstić information content (AvgIpc) is 3.25. The van der Waals surface area contributed by atoms with Crippen LogP contribution in [0.25, 0.3) is 0 Å². The van der Waals surface area contributed by atoms with Gasteiger partial charge in [0.15, 0.2) is 5.82 Å². The van der Waals surface area contributed by atoms with Crippen LogP contribution in [0.1, 0.15) is 19.8 Å². The fraction of sp³-hybridized carbons (Fsp3) is 0.615. The van der Waals surface area contributed by atoms with Crippen molar-refractivity contribution >= 4 is 34.8 Å². The summed E-state index contributed by atoms with van der Waals surface area (Å²) < 4.78 is 5.19. The van der Waals surface area contributed by atoms with Gasteiger partial charge in [0.05, 0.1) is 16.7 Å². The van der Waals surface area contributed by atoms with E-state index in [1.54, 1.807) is 13.2 Å². The average molecular weight is 319 g/mol. The molecule has 1 heterocycles. The minimum Gasteiger partial charge on any atom is -0.383 e. The lowest BCUT2D eigenvalue weighted by molar-refractivity contribution is 0.202. The van der Waals surface area contributed by atoms with Gasteiger partial charge in [0.1, 0.15) is 5.82 Å². The van der Waals surface area contributed by atoms with Crippen LogP contribution in [0.15, 0.2) is 6.07 Å². The number of hydrogen-bond acceptors (Lipinski definition) is 5. The molecule has 1 atom stereocenters. The van der Waals surface area contributed by atoms with Crippen LogP contribution in [0.2, 0.25) is 10.0 Å². The van der Waals surface area contributed by atoms with E-state index in [2.05, 4.69) is 22.2 Å². The Hall–Kier alpha value is -0.750. The number of nitrogens with two attached hydrogens (primary N) is 1. The Balaban J connectivity index is 2.31. The summed E-state index contributed by atoms with van der Waals surface area (Å²) in [5.41, 5.74) is 2.50. The van der Waals surface area contributed by atoms with E-state index in [-0.39, 0.29) is 0 Å². The summed E-state index contributed by atoms with van der Waals surface area (Å²) in [5.74, 6) is 7.25. The molecule has 0 bridgehead atoms. The molecule has 0 radical (unpaired) electrons. The van der Waals surface area contributed by atoms with Gasteiger partial charge in [-0.25, -0.2) is 10.8 Å². The van der Waals surface area contributed by atoms with Crippen LogP contribution in [-0.2, 0) is 4.74 Å². The van der Waals surface area contributed by atoms with Gasteiger partial charge in [-0.1, -0.05) is 23.2 Å². The Kier molecular flexibility index (Phi) is 5.32. The normalized spacial score (nSPS) is 16.1. The molecule has 1 aromatic rings. The largest absolute Gasteiger partial charge is 0.383 e. The smallest absolute Gasteiger partial charge is 0.161 e. The Labute approximate surface area is 129 Å². The molecular formula is C13H20Cl2N4O. The highest BCUT2D eigenvalue weighted by Gasteiger charge is 2.33. The van der Waals surface area contributed by atoms with Crippen molar-refractivity contribution in [2.24, 2.45) is 11.8 Å². The number of nitrogen functional groups attached to an aromatic ring is 1. The number of rotatable bonds is 7. The number of anilines is 2. The molecule has 1 aliphatic rings. The zero-order valence-electron chi connectivity index (χ0n) is 11.7. The van der Waals surface area contributed by atoms with E-state index < -0.39 is 0 Å². The summed E-state index contributed by atoms with van der Waals surface area (Å²) in [4.78, 5) is 6.61. The first-order valence-electron chi connectivity index (χ1n) is 6.66. The Morgan fingerprint density at radius 3 is 2.75 bits per heavy atom. The number of nitrogens with zero attached hydrogens (tertiary/aromatic N) is 2. The Morgan fingerprint density at radius 2 is 2.20 bits per heavy atom. The first-order chi connectivity index (χ1) is 9.58. The van der Waals surface area contributed by atoms with E-state index in [1.807, 2.05) is 0 Å². The van der Waals surface area contributed by atoms with Gasteiger partial charge < -0.3 is 15.1 Å². The molecule has 1 fully saturated rings. The number of hydrogen-bond donors (Lipinski definition) is 2. The fourth-order valence-corrected chi connectivity index (χ4v) is 2.81. The van der Waals surface area contributed by atoms with Gasteiger partial charge >= 0.3 is 0 Å². The zero-order chi connectivity index (χ0) is 14.7. The highest BCUT2D eigenvalue weighted by Crippen LogP contribution is 2.39. The third kappa shape index (κ3) is 3.47. The number of methoxy groups -OCH3 is 1. The minimum atomic E-state index is 0.363. The molecule has 3 N–H and O–H groups in total. The van der Waals surface area contributed by atoms with Crippen molar-refractivity contribution in [3.05, 3.63) is 16.1 Å². The molecule has 0 aliphatic heterocycles. The molecule has 112 valence electrons. The summed E-state index contributed by atoms with van der Waals surface area (Å²) in [6.07, 6.45) is 2.50. The van der Waals surface area contributed by atoms with Crippen molar-refractivity contribution in [2.45, 2.75) is 25.8 Å². The molecular weight excluding hydrogens is 299 g/mol. The third-order valence-electron chi connectivity index (χ3n) is 3.65. The molecule has 0 aromatic carbocycles. The van der Waals surface area contributed by atoms with Crippen LogP contribution in [0.4, 0.5) is 11.6 Å². The predicted molar refractivity (Wildman–Crippen MR) is 83.5 cm³/mol. The van der Waals surface area contributed by atoms with E-state index in [9.17, 15) is 0 Å². The van der Waals surface area contributed by atoms with Gasteiger partial charge in [0.25, 0.3) is 0 Å². The summed E-state index contributed by atoms with van der Waals surface area (Å²) in [7, 11) is 1.68. The molecule has 1 aromatic heterocycles. The Morgan fingerprint density at radius 1 is 1.50 bits per heavy atom. The number of nitrogens with one attached hydrogen (secondary N) is 1. The SMILES string of the molecule is COCCN(c1nc(NN)c(Cl)cc1Cl)C(C)C1CC1.